The molecule has 0 fully saturated rings. The number of hydrogen-bond donors (Lipinski definition) is 1. The molecule has 0 rings (SSSR count). The molecule has 0 radical (unpaired) electrons. The van der Waals surface area contributed by atoms with Crippen LogP contribution in [-0.4, -0.2) is 11.7 Å². The van der Waals surface area contributed by atoms with Crippen molar-refractivity contribution in [2.45, 2.75) is 40.5 Å². The van der Waals surface area contributed by atoms with E-state index in [0.717, 1.165) is 12.8 Å². The number of aliphatic hydroxyl groups excluding tert-OH is 1. The van der Waals surface area contributed by atoms with Crippen molar-refractivity contribution in [1.82, 2.24) is 0 Å². The molecule has 0 aromatic rings. The van der Waals surface area contributed by atoms with Crippen LogP contribution in [0.1, 0.15) is 40.5 Å². The summed E-state index contributed by atoms with van der Waals surface area (Å²) in [6.45, 7) is 8.98. The van der Waals surface area contributed by atoms with E-state index in [-0.39, 0.29) is 5.41 Å². The van der Waals surface area contributed by atoms with E-state index in [1.807, 2.05) is 0 Å². The minimum absolute atomic E-state index is 0.148. The summed E-state index contributed by atoms with van der Waals surface area (Å²) in [7, 11) is 0. The van der Waals surface area contributed by atoms with Gasteiger partial charge in [-0.15, -0.1) is 0 Å². The highest BCUT2D eigenvalue weighted by Gasteiger charge is 2.25. The number of hydrogen-bond acceptors (Lipinski definition) is 1. The molecule has 0 bridgehead atoms. The van der Waals surface area contributed by atoms with E-state index in [0.29, 0.717) is 12.5 Å². The summed E-state index contributed by atoms with van der Waals surface area (Å²) in [5, 5.41) is 9.09. The monoisotopic (exact) mass is 144 g/mol. The third kappa shape index (κ3) is 2.30. The zero-order chi connectivity index (χ0) is 8.20. The van der Waals surface area contributed by atoms with Crippen molar-refractivity contribution in [2.75, 3.05) is 6.61 Å². The summed E-state index contributed by atoms with van der Waals surface area (Å²) < 4.78 is 0. The summed E-state index contributed by atoms with van der Waals surface area (Å²) in [6.07, 6.45) is 2.29. The first-order valence-corrected chi connectivity index (χ1v) is 4.17. The van der Waals surface area contributed by atoms with Crippen LogP contribution in [0, 0.1) is 11.3 Å². The largest absolute Gasteiger partial charge is 0.396 e. The topological polar surface area (TPSA) is 20.2 Å². The fourth-order valence-electron chi connectivity index (χ4n) is 1.12. The Bertz CT molecular complexity index is 88.7. The molecule has 1 N–H and O–H groups in total. The SMILES string of the molecule is CCC[C@@](C)(CO)C(C)C. The van der Waals surface area contributed by atoms with E-state index in [2.05, 4.69) is 27.7 Å². The van der Waals surface area contributed by atoms with E-state index in [1.54, 1.807) is 0 Å². The molecule has 0 amide bonds. The summed E-state index contributed by atoms with van der Waals surface area (Å²) in [5.41, 5.74) is 0.148. The van der Waals surface area contributed by atoms with E-state index < -0.39 is 0 Å². The Morgan fingerprint density at radius 2 is 1.90 bits per heavy atom. The zero-order valence-electron chi connectivity index (χ0n) is 7.65. The molecule has 0 aliphatic heterocycles. The standard InChI is InChI=1S/C9H20O/c1-5-6-9(4,7-10)8(2)3/h8,10H,5-7H2,1-4H3/t9-/m0/s1. The molecule has 1 atom stereocenters. The maximum atomic E-state index is 9.09. The molecule has 10 heavy (non-hydrogen) atoms. The van der Waals surface area contributed by atoms with Gasteiger partial charge in [0, 0.05) is 6.61 Å². The summed E-state index contributed by atoms with van der Waals surface area (Å²) in [5.74, 6) is 0.581. The van der Waals surface area contributed by atoms with Crippen molar-refractivity contribution in [3.8, 4) is 0 Å². The maximum Gasteiger partial charge on any atom is 0.0487 e. The Morgan fingerprint density at radius 1 is 1.40 bits per heavy atom. The smallest absolute Gasteiger partial charge is 0.0487 e. The molecular formula is C9H20O. The first-order valence-electron chi connectivity index (χ1n) is 4.17. The molecule has 0 spiro atoms. The van der Waals surface area contributed by atoms with Crippen LogP contribution in [-0.2, 0) is 0 Å². The van der Waals surface area contributed by atoms with Gasteiger partial charge in [-0.05, 0) is 17.8 Å². The Balaban J connectivity index is 3.94. The lowest BCUT2D eigenvalue weighted by molar-refractivity contribution is 0.0847. The molecule has 0 aromatic heterocycles. The second-order valence-corrected chi connectivity index (χ2v) is 3.72. The van der Waals surface area contributed by atoms with Gasteiger partial charge in [0.15, 0.2) is 0 Å². The zero-order valence-corrected chi connectivity index (χ0v) is 7.65. The van der Waals surface area contributed by atoms with Crippen LogP contribution in [0.3, 0.4) is 0 Å². The lowest BCUT2D eigenvalue weighted by Gasteiger charge is -2.31. The quantitative estimate of drug-likeness (QED) is 0.642. The lowest BCUT2D eigenvalue weighted by Crippen LogP contribution is -2.27. The molecule has 0 aliphatic rings. The van der Waals surface area contributed by atoms with Crippen LogP contribution in [0.5, 0.6) is 0 Å². The summed E-state index contributed by atoms with van der Waals surface area (Å²) in [4.78, 5) is 0. The minimum atomic E-state index is 0.148. The Hall–Kier alpha value is -0.0400. The van der Waals surface area contributed by atoms with Crippen LogP contribution in [0.15, 0.2) is 0 Å². The second kappa shape index (κ2) is 3.97. The van der Waals surface area contributed by atoms with Crippen molar-refractivity contribution in [1.29, 1.82) is 0 Å². The van der Waals surface area contributed by atoms with Crippen LogP contribution < -0.4 is 0 Å². The van der Waals surface area contributed by atoms with Crippen LogP contribution >= 0.6 is 0 Å². The van der Waals surface area contributed by atoms with Gasteiger partial charge in [0.2, 0.25) is 0 Å². The lowest BCUT2D eigenvalue weighted by atomic mass is 9.76. The molecule has 0 saturated heterocycles. The van der Waals surface area contributed by atoms with Crippen molar-refractivity contribution < 1.29 is 5.11 Å². The summed E-state index contributed by atoms with van der Waals surface area (Å²) >= 11 is 0. The maximum absolute atomic E-state index is 9.09. The fourth-order valence-corrected chi connectivity index (χ4v) is 1.12. The van der Waals surface area contributed by atoms with E-state index >= 15 is 0 Å². The van der Waals surface area contributed by atoms with Crippen molar-refractivity contribution in [3.05, 3.63) is 0 Å². The van der Waals surface area contributed by atoms with Gasteiger partial charge in [-0.3, -0.25) is 0 Å². The highest BCUT2D eigenvalue weighted by atomic mass is 16.3. The van der Waals surface area contributed by atoms with Crippen LogP contribution in [0.4, 0.5) is 0 Å². The first kappa shape index (κ1) is 9.96. The van der Waals surface area contributed by atoms with Crippen LogP contribution in [0.2, 0.25) is 0 Å². The molecule has 0 aromatic carbocycles. The molecule has 1 heteroatoms. The average Bonchev–Trinajstić information content (AvgIpc) is 1.88. The predicted molar refractivity (Wildman–Crippen MR) is 44.9 cm³/mol. The Kier molecular flexibility index (Phi) is 3.95. The Labute approximate surface area is 64.5 Å². The highest BCUT2D eigenvalue weighted by Crippen LogP contribution is 2.31. The van der Waals surface area contributed by atoms with Gasteiger partial charge in [0.25, 0.3) is 0 Å². The molecule has 0 aliphatic carbocycles. The molecule has 0 unspecified atom stereocenters. The fraction of sp³-hybridized carbons (Fsp3) is 1.00. The normalized spacial score (nSPS) is 17.4. The molecule has 0 saturated carbocycles. The predicted octanol–water partition coefficient (Wildman–Crippen LogP) is 2.44. The van der Waals surface area contributed by atoms with Crippen LogP contribution in [0.25, 0.3) is 0 Å². The first-order chi connectivity index (χ1) is 4.56. The summed E-state index contributed by atoms with van der Waals surface area (Å²) in [6, 6.07) is 0. The molecule has 1 nitrogen and oxygen atoms in total. The minimum Gasteiger partial charge on any atom is -0.396 e. The third-order valence-corrected chi connectivity index (χ3v) is 2.58. The van der Waals surface area contributed by atoms with Gasteiger partial charge in [0.1, 0.15) is 0 Å². The number of rotatable bonds is 4. The van der Waals surface area contributed by atoms with E-state index in [9.17, 15) is 0 Å². The second-order valence-electron chi connectivity index (χ2n) is 3.72. The van der Waals surface area contributed by atoms with E-state index in [1.165, 1.54) is 0 Å². The van der Waals surface area contributed by atoms with Gasteiger partial charge in [-0.25, -0.2) is 0 Å². The Morgan fingerprint density at radius 3 is 2.00 bits per heavy atom. The van der Waals surface area contributed by atoms with Crippen molar-refractivity contribution in [3.63, 3.8) is 0 Å². The van der Waals surface area contributed by atoms with Gasteiger partial charge >= 0.3 is 0 Å². The molecule has 0 heterocycles. The third-order valence-electron chi connectivity index (χ3n) is 2.58. The van der Waals surface area contributed by atoms with E-state index in [4.69, 9.17) is 5.11 Å². The highest BCUT2D eigenvalue weighted by molar-refractivity contribution is 4.75. The van der Waals surface area contributed by atoms with Gasteiger partial charge in [0.05, 0.1) is 0 Å². The van der Waals surface area contributed by atoms with Crippen molar-refractivity contribution >= 4 is 0 Å². The van der Waals surface area contributed by atoms with Gasteiger partial charge in [-0.1, -0.05) is 34.1 Å². The molecule has 62 valence electrons. The molecular weight excluding hydrogens is 124 g/mol. The number of aliphatic hydroxyl groups is 1. The van der Waals surface area contributed by atoms with Crippen molar-refractivity contribution in [2.24, 2.45) is 11.3 Å². The van der Waals surface area contributed by atoms with Gasteiger partial charge in [-0.2, -0.15) is 0 Å². The average molecular weight is 144 g/mol. The van der Waals surface area contributed by atoms with Gasteiger partial charge < -0.3 is 5.11 Å².